The fourth-order valence-corrected chi connectivity index (χ4v) is 1.85. The minimum Gasteiger partial charge on any atom is -0.354 e. The Kier molecular flexibility index (Phi) is 3.39. The lowest BCUT2D eigenvalue weighted by Gasteiger charge is -2.29. The molecule has 0 atom stereocenters. The third kappa shape index (κ3) is 3.20. The Hall–Kier alpha value is -0.740. The van der Waals surface area contributed by atoms with Crippen LogP contribution in [0.3, 0.4) is 0 Å². The lowest BCUT2D eigenvalue weighted by Crippen LogP contribution is -2.38. The monoisotopic (exact) mass is 209 g/mol. The molecule has 1 rings (SSSR count). The average molecular weight is 209 g/mol. The minimum absolute atomic E-state index is 0.0638. The first kappa shape index (κ1) is 11.3. The molecule has 2 nitrogen and oxygen atoms in total. The molecule has 0 radical (unpaired) electrons. The van der Waals surface area contributed by atoms with E-state index in [2.05, 4.69) is 5.32 Å². The molecule has 0 saturated heterocycles. The van der Waals surface area contributed by atoms with E-state index in [4.69, 9.17) is 0 Å². The normalized spacial score (nSPS) is 28.6. The Bertz CT molecular complexity index is 207. The van der Waals surface area contributed by atoms with Crippen LogP contribution >= 0.6 is 0 Å². The molecule has 1 N–H and O–H groups in total. The number of carbonyl (C=O) groups is 1. The van der Waals surface area contributed by atoms with Crippen LogP contribution in [0.25, 0.3) is 0 Å². The van der Waals surface area contributed by atoms with Crippen LogP contribution in [0.5, 0.6) is 0 Å². The second-order valence-electron chi connectivity index (χ2n) is 3.79. The van der Waals surface area contributed by atoms with E-state index in [9.17, 15) is 18.0 Å². The molecule has 0 aliphatic heterocycles. The number of rotatable bonds is 1. The molecule has 1 aliphatic carbocycles. The lowest BCUT2D eigenvalue weighted by atomic mass is 9.85. The SMILES string of the molecule is CC(=O)NC1CCC(C(F)(F)F)CC1. The third-order valence-corrected chi connectivity index (χ3v) is 2.60. The van der Waals surface area contributed by atoms with Gasteiger partial charge in [-0.25, -0.2) is 0 Å². The predicted octanol–water partition coefficient (Wildman–Crippen LogP) is 2.24. The van der Waals surface area contributed by atoms with Gasteiger partial charge in [-0.1, -0.05) is 0 Å². The highest BCUT2D eigenvalue weighted by atomic mass is 19.4. The van der Waals surface area contributed by atoms with Crippen LogP contribution in [0, 0.1) is 5.92 Å². The van der Waals surface area contributed by atoms with Crippen LogP contribution in [0.15, 0.2) is 0 Å². The molecule has 0 spiro atoms. The van der Waals surface area contributed by atoms with Crippen molar-refractivity contribution < 1.29 is 18.0 Å². The maximum atomic E-state index is 12.2. The van der Waals surface area contributed by atoms with Gasteiger partial charge in [-0.3, -0.25) is 4.79 Å². The van der Waals surface area contributed by atoms with Crippen LogP contribution in [0.1, 0.15) is 32.6 Å². The first-order valence-corrected chi connectivity index (χ1v) is 4.73. The second kappa shape index (κ2) is 4.19. The van der Waals surface area contributed by atoms with Gasteiger partial charge < -0.3 is 5.32 Å². The van der Waals surface area contributed by atoms with E-state index in [-0.39, 0.29) is 24.8 Å². The Morgan fingerprint density at radius 2 is 1.71 bits per heavy atom. The number of hydrogen-bond donors (Lipinski definition) is 1. The molecule has 5 heteroatoms. The topological polar surface area (TPSA) is 29.1 Å². The van der Waals surface area contributed by atoms with Crippen molar-refractivity contribution in [2.75, 3.05) is 0 Å². The van der Waals surface area contributed by atoms with Gasteiger partial charge in [0.05, 0.1) is 5.92 Å². The third-order valence-electron chi connectivity index (χ3n) is 2.60. The molecule has 1 saturated carbocycles. The van der Waals surface area contributed by atoms with E-state index in [0.29, 0.717) is 12.8 Å². The van der Waals surface area contributed by atoms with E-state index in [0.717, 1.165) is 0 Å². The average Bonchev–Trinajstić information content (AvgIpc) is 2.02. The summed E-state index contributed by atoms with van der Waals surface area (Å²) < 4.78 is 36.7. The zero-order valence-corrected chi connectivity index (χ0v) is 8.03. The van der Waals surface area contributed by atoms with Gasteiger partial charge in [0.1, 0.15) is 0 Å². The number of hydrogen-bond acceptors (Lipinski definition) is 1. The molecule has 1 amide bonds. The van der Waals surface area contributed by atoms with Crippen molar-refractivity contribution in [3.05, 3.63) is 0 Å². The Labute approximate surface area is 80.9 Å². The van der Waals surface area contributed by atoms with Crippen molar-refractivity contribution in [1.82, 2.24) is 5.32 Å². The summed E-state index contributed by atoms with van der Waals surface area (Å²) in [6.07, 6.45) is -2.93. The van der Waals surface area contributed by atoms with Crippen molar-refractivity contribution >= 4 is 5.91 Å². The lowest BCUT2D eigenvalue weighted by molar-refractivity contribution is -0.182. The standard InChI is InChI=1S/C9H14F3NO/c1-6(14)13-8-4-2-7(3-5-8)9(10,11)12/h7-8H,2-5H2,1H3,(H,13,14). The largest absolute Gasteiger partial charge is 0.391 e. The van der Waals surface area contributed by atoms with Crippen molar-refractivity contribution in [2.24, 2.45) is 5.92 Å². The van der Waals surface area contributed by atoms with Gasteiger partial charge >= 0.3 is 6.18 Å². The van der Waals surface area contributed by atoms with Gasteiger partial charge in [-0.15, -0.1) is 0 Å². The summed E-state index contributed by atoms with van der Waals surface area (Å²) in [5.74, 6) is -1.34. The fraction of sp³-hybridized carbons (Fsp3) is 0.889. The number of alkyl halides is 3. The first-order valence-electron chi connectivity index (χ1n) is 4.73. The van der Waals surface area contributed by atoms with Gasteiger partial charge in [-0.2, -0.15) is 13.2 Å². The molecule has 0 aromatic rings. The minimum atomic E-state index is -4.07. The van der Waals surface area contributed by atoms with E-state index >= 15 is 0 Å². The van der Waals surface area contributed by atoms with Gasteiger partial charge in [0.15, 0.2) is 0 Å². The number of halogens is 3. The number of amides is 1. The summed E-state index contributed by atoms with van der Waals surface area (Å²) in [6, 6.07) is -0.0638. The van der Waals surface area contributed by atoms with Gasteiger partial charge in [0.2, 0.25) is 5.91 Å². The summed E-state index contributed by atoms with van der Waals surface area (Å²) in [6.45, 7) is 1.38. The Morgan fingerprint density at radius 3 is 2.07 bits per heavy atom. The van der Waals surface area contributed by atoms with E-state index in [1.807, 2.05) is 0 Å². The molecule has 82 valence electrons. The van der Waals surface area contributed by atoms with Crippen molar-refractivity contribution in [1.29, 1.82) is 0 Å². The number of carbonyl (C=O) groups excluding carboxylic acids is 1. The first-order chi connectivity index (χ1) is 6.39. The van der Waals surface area contributed by atoms with Gasteiger partial charge in [0, 0.05) is 13.0 Å². The van der Waals surface area contributed by atoms with Crippen LogP contribution in [-0.2, 0) is 4.79 Å². The second-order valence-corrected chi connectivity index (χ2v) is 3.79. The van der Waals surface area contributed by atoms with Crippen molar-refractivity contribution in [3.63, 3.8) is 0 Å². The molecule has 0 unspecified atom stereocenters. The maximum Gasteiger partial charge on any atom is 0.391 e. The van der Waals surface area contributed by atoms with E-state index in [1.54, 1.807) is 0 Å². The zero-order chi connectivity index (χ0) is 10.8. The quantitative estimate of drug-likeness (QED) is 0.705. The molecular formula is C9H14F3NO. The Balaban J connectivity index is 2.35. The maximum absolute atomic E-state index is 12.2. The summed E-state index contributed by atoms with van der Waals surface area (Å²) >= 11 is 0. The van der Waals surface area contributed by atoms with E-state index < -0.39 is 12.1 Å². The highest BCUT2D eigenvalue weighted by molar-refractivity contribution is 5.73. The molecule has 0 bridgehead atoms. The number of nitrogens with one attached hydrogen (secondary N) is 1. The highest BCUT2D eigenvalue weighted by Gasteiger charge is 2.41. The fourth-order valence-electron chi connectivity index (χ4n) is 1.85. The van der Waals surface area contributed by atoms with Crippen LogP contribution in [-0.4, -0.2) is 18.1 Å². The molecule has 0 aromatic heterocycles. The molecule has 1 aliphatic rings. The summed E-state index contributed by atoms with van der Waals surface area (Å²) in [7, 11) is 0. The summed E-state index contributed by atoms with van der Waals surface area (Å²) in [5.41, 5.74) is 0. The summed E-state index contributed by atoms with van der Waals surface area (Å²) in [5, 5.41) is 2.65. The summed E-state index contributed by atoms with van der Waals surface area (Å²) in [4.78, 5) is 10.7. The Morgan fingerprint density at radius 1 is 1.21 bits per heavy atom. The highest BCUT2D eigenvalue weighted by Crippen LogP contribution is 2.37. The zero-order valence-electron chi connectivity index (χ0n) is 8.03. The molecule has 14 heavy (non-hydrogen) atoms. The van der Waals surface area contributed by atoms with Crippen LogP contribution in [0.2, 0.25) is 0 Å². The smallest absolute Gasteiger partial charge is 0.354 e. The van der Waals surface area contributed by atoms with Crippen molar-refractivity contribution in [3.8, 4) is 0 Å². The predicted molar refractivity (Wildman–Crippen MR) is 45.6 cm³/mol. The van der Waals surface area contributed by atoms with Crippen LogP contribution < -0.4 is 5.32 Å². The van der Waals surface area contributed by atoms with E-state index in [1.165, 1.54) is 6.92 Å². The molecule has 1 fully saturated rings. The molecule has 0 heterocycles. The molecular weight excluding hydrogens is 195 g/mol. The van der Waals surface area contributed by atoms with Gasteiger partial charge in [-0.05, 0) is 25.7 Å². The van der Waals surface area contributed by atoms with Crippen LogP contribution in [0.4, 0.5) is 13.2 Å². The van der Waals surface area contributed by atoms with Crippen molar-refractivity contribution in [2.45, 2.75) is 44.8 Å². The van der Waals surface area contributed by atoms with Gasteiger partial charge in [0.25, 0.3) is 0 Å². The molecule has 0 aromatic carbocycles.